The fraction of sp³-hybridized carbons (Fsp3) is 0.700. The van der Waals surface area contributed by atoms with Gasteiger partial charge in [-0.3, -0.25) is 0 Å². The summed E-state index contributed by atoms with van der Waals surface area (Å²) in [4.78, 5) is 4.35. The van der Waals surface area contributed by atoms with Crippen molar-refractivity contribution >= 4 is 0 Å². The summed E-state index contributed by atoms with van der Waals surface area (Å²) < 4.78 is 2.09. The third-order valence-electron chi connectivity index (χ3n) is 2.20. The molecule has 0 bridgehead atoms. The van der Waals surface area contributed by atoms with Crippen LogP contribution in [0.2, 0.25) is 0 Å². The van der Waals surface area contributed by atoms with E-state index >= 15 is 0 Å². The Bertz CT molecular complexity index is 236. The van der Waals surface area contributed by atoms with E-state index in [0.29, 0.717) is 6.04 Å². The van der Waals surface area contributed by atoms with Crippen LogP contribution in [-0.2, 0) is 7.05 Å². The van der Waals surface area contributed by atoms with E-state index in [1.54, 1.807) is 0 Å². The van der Waals surface area contributed by atoms with E-state index in [2.05, 4.69) is 28.7 Å². The van der Waals surface area contributed by atoms with Crippen LogP contribution in [-0.4, -0.2) is 16.1 Å². The number of imidazole rings is 1. The van der Waals surface area contributed by atoms with E-state index in [9.17, 15) is 0 Å². The summed E-state index contributed by atoms with van der Waals surface area (Å²) in [7, 11) is 2.04. The van der Waals surface area contributed by atoms with Crippen molar-refractivity contribution in [2.24, 2.45) is 7.05 Å². The minimum Gasteiger partial charge on any atom is -0.337 e. The number of hydrogen-bond donors (Lipinski definition) is 1. The van der Waals surface area contributed by atoms with Crippen molar-refractivity contribution in [2.75, 3.05) is 6.54 Å². The Hall–Kier alpha value is -0.830. The van der Waals surface area contributed by atoms with Crippen molar-refractivity contribution in [1.29, 1.82) is 0 Å². The molecule has 0 radical (unpaired) electrons. The molecule has 1 aromatic heterocycles. The average Bonchev–Trinajstić information content (AvgIpc) is 2.51. The van der Waals surface area contributed by atoms with Gasteiger partial charge in [0.1, 0.15) is 5.82 Å². The lowest BCUT2D eigenvalue weighted by Crippen LogP contribution is -2.23. The normalized spacial score (nSPS) is 13.2. The van der Waals surface area contributed by atoms with Crippen LogP contribution >= 0.6 is 0 Å². The van der Waals surface area contributed by atoms with Gasteiger partial charge in [0.2, 0.25) is 0 Å². The van der Waals surface area contributed by atoms with Crippen LogP contribution in [0.3, 0.4) is 0 Å². The minimum atomic E-state index is 0.412. The van der Waals surface area contributed by atoms with Crippen molar-refractivity contribution in [2.45, 2.75) is 32.7 Å². The Kier molecular flexibility index (Phi) is 3.96. The van der Waals surface area contributed by atoms with Gasteiger partial charge in [0.05, 0.1) is 6.04 Å². The lowest BCUT2D eigenvalue weighted by Gasteiger charge is -2.16. The van der Waals surface area contributed by atoms with Crippen molar-refractivity contribution < 1.29 is 0 Å². The molecule has 0 aliphatic rings. The molecule has 1 rings (SSSR count). The molecule has 74 valence electrons. The van der Waals surface area contributed by atoms with E-state index in [1.165, 1.54) is 6.42 Å². The summed E-state index contributed by atoms with van der Waals surface area (Å²) in [5.74, 6) is 1.14. The van der Waals surface area contributed by atoms with Gasteiger partial charge in [0.15, 0.2) is 0 Å². The first-order valence-corrected chi connectivity index (χ1v) is 5.00. The van der Waals surface area contributed by atoms with Crippen LogP contribution in [0.5, 0.6) is 0 Å². The second-order valence-electron chi connectivity index (χ2n) is 3.30. The van der Waals surface area contributed by atoms with Gasteiger partial charge in [-0.05, 0) is 13.0 Å². The van der Waals surface area contributed by atoms with E-state index < -0.39 is 0 Å². The van der Waals surface area contributed by atoms with E-state index in [1.807, 2.05) is 19.4 Å². The average molecular weight is 181 g/mol. The van der Waals surface area contributed by atoms with Crippen molar-refractivity contribution in [1.82, 2.24) is 14.9 Å². The molecule has 0 saturated heterocycles. The fourth-order valence-electron chi connectivity index (χ4n) is 1.57. The van der Waals surface area contributed by atoms with Gasteiger partial charge in [-0.1, -0.05) is 20.3 Å². The molecule has 0 aromatic carbocycles. The Balaban J connectivity index is 2.69. The van der Waals surface area contributed by atoms with Gasteiger partial charge < -0.3 is 9.88 Å². The summed E-state index contributed by atoms with van der Waals surface area (Å²) in [5, 5.41) is 3.44. The van der Waals surface area contributed by atoms with Crippen molar-refractivity contribution in [3.63, 3.8) is 0 Å². The van der Waals surface area contributed by atoms with Gasteiger partial charge in [0, 0.05) is 19.4 Å². The van der Waals surface area contributed by atoms with Crippen LogP contribution < -0.4 is 5.32 Å². The quantitative estimate of drug-likeness (QED) is 0.751. The van der Waals surface area contributed by atoms with Crippen LogP contribution in [0.25, 0.3) is 0 Å². The predicted molar refractivity (Wildman–Crippen MR) is 54.5 cm³/mol. The molecule has 0 saturated carbocycles. The van der Waals surface area contributed by atoms with Crippen molar-refractivity contribution in [3.8, 4) is 0 Å². The largest absolute Gasteiger partial charge is 0.337 e. The molecule has 0 spiro atoms. The van der Waals surface area contributed by atoms with Gasteiger partial charge in [-0.2, -0.15) is 0 Å². The summed E-state index contributed by atoms with van der Waals surface area (Å²) in [6, 6.07) is 0.412. The molecule has 1 atom stereocenters. The Labute approximate surface area is 80.2 Å². The number of aromatic nitrogens is 2. The van der Waals surface area contributed by atoms with E-state index in [4.69, 9.17) is 0 Å². The highest BCUT2D eigenvalue weighted by atomic mass is 15.1. The number of rotatable bonds is 5. The minimum absolute atomic E-state index is 0.412. The molecule has 13 heavy (non-hydrogen) atoms. The number of nitrogens with zero attached hydrogens (tertiary/aromatic N) is 2. The Morgan fingerprint density at radius 2 is 2.31 bits per heavy atom. The summed E-state index contributed by atoms with van der Waals surface area (Å²) in [6.45, 7) is 5.33. The lowest BCUT2D eigenvalue weighted by atomic mass is 10.1. The molecule has 1 N–H and O–H groups in total. The molecular weight excluding hydrogens is 162 g/mol. The second kappa shape index (κ2) is 5.02. The van der Waals surface area contributed by atoms with Crippen LogP contribution in [0, 0.1) is 0 Å². The monoisotopic (exact) mass is 181 g/mol. The highest BCUT2D eigenvalue weighted by Gasteiger charge is 2.12. The zero-order valence-electron chi connectivity index (χ0n) is 8.75. The zero-order chi connectivity index (χ0) is 9.68. The summed E-state index contributed by atoms with van der Waals surface area (Å²) in [5.41, 5.74) is 0. The molecule has 1 aromatic rings. The van der Waals surface area contributed by atoms with Gasteiger partial charge in [-0.25, -0.2) is 4.98 Å². The SMILES string of the molecule is CCCC(NCC)c1nccn1C. The maximum Gasteiger partial charge on any atom is 0.125 e. The third kappa shape index (κ3) is 2.56. The highest BCUT2D eigenvalue weighted by Crippen LogP contribution is 2.15. The van der Waals surface area contributed by atoms with Gasteiger partial charge >= 0.3 is 0 Å². The predicted octanol–water partition coefficient (Wildman–Crippen LogP) is 1.87. The first-order chi connectivity index (χ1) is 6.29. The molecule has 0 aliphatic carbocycles. The maximum absolute atomic E-state index is 4.35. The number of aryl methyl sites for hydroxylation is 1. The first-order valence-electron chi connectivity index (χ1n) is 5.00. The van der Waals surface area contributed by atoms with Crippen LogP contribution in [0.1, 0.15) is 38.6 Å². The molecular formula is C10H19N3. The smallest absolute Gasteiger partial charge is 0.125 e. The van der Waals surface area contributed by atoms with E-state index in [0.717, 1.165) is 18.8 Å². The Morgan fingerprint density at radius 1 is 1.54 bits per heavy atom. The Morgan fingerprint density at radius 3 is 2.77 bits per heavy atom. The van der Waals surface area contributed by atoms with Crippen LogP contribution in [0.4, 0.5) is 0 Å². The third-order valence-corrected chi connectivity index (χ3v) is 2.20. The molecule has 0 amide bonds. The molecule has 0 fully saturated rings. The highest BCUT2D eigenvalue weighted by molar-refractivity contribution is 4.98. The number of hydrogen-bond acceptors (Lipinski definition) is 2. The molecule has 1 heterocycles. The first kappa shape index (κ1) is 10.3. The van der Waals surface area contributed by atoms with E-state index in [-0.39, 0.29) is 0 Å². The number of nitrogens with one attached hydrogen (secondary N) is 1. The molecule has 3 heteroatoms. The van der Waals surface area contributed by atoms with Crippen molar-refractivity contribution in [3.05, 3.63) is 18.2 Å². The maximum atomic E-state index is 4.35. The van der Waals surface area contributed by atoms with Crippen LogP contribution in [0.15, 0.2) is 12.4 Å². The topological polar surface area (TPSA) is 29.9 Å². The summed E-state index contributed by atoms with van der Waals surface area (Å²) >= 11 is 0. The second-order valence-corrected chi connectivity index (χ2v) is 3.30. The summed E-state index contributed by atoms with van der Waals surface area (Å²) in [6.07, 6.45) is 6.19. The molecule has 1 unspecified atom stereocenters. The van der Waals surface area contributed by atoms with Gasteiger partial charge in [-0.15, -0.1) is 0 Å². The lowest BCUT2D eigenvalue weighted by molar-refractivity contribution is 0.473. The van der Waals surface area contributed by atoms with Gasteiger partial charge in [0.25, 0.3) is 0 Å². The fourth-order valence-corrected chi connectivity index (χ4v) is 1.57. The molecule has 3 nitrogen and oxygen atoms in total. The molecule has 0 aliphatic heterocycles. The standard InChI is InChI=1S/C10H19N3/c1-4-6-9(11-5-2)10-12-7-8-13(10)3/h7-9,11H,4-6H2,1-3H3. The zero-order valence-corrected chi connectivity index (χ0v) is 8.75.